The van der Waals surface area contributed by atoms with Crippen LogP contribution in [0.1, 0.15) is 30.2 Å². The number of nitrogens with zero attached hydrogens (tertiary/aromatic N) is 1. The summed E-state index contributed by atoms with van der Waals surface area (Å²) in [5.74, 6) is -1.79. The fraction of sp³-hybridized carbons (Fsp3) is 0.476. The molecule has 2 aliphatic rings. The van der Waals surface area contributed by atoms with E-state index in [1.54, 1.807) is 13.8 Å². The zero-order valence-electron chi connectivity index (χ0n) is 17.8. The van der Waals surface area contributed by atoms with Crippen molar-refractivity contribution in [1.82, 2.24) is 14.9 Å². The van der Waals surface area contributed by atoms with Crippen LogP contribution in [0.4, 0.5) is 4.39 Å². The van der Waals surface area contributed by atoms with E-state index in [1.807, 2.05) is 0 Å². The van der Waals surface area contributed by atoms with E-state index in [0.717, 1.165) is 6.07 Å². The predicted octanol–water partition coefficient (Wildman–Crippen LogP) is 0.574. The molecule has 2 saturated heterocycles. The molecule has 1 aromatic carbocycles. The molecule has 0 unspecified atom stereocenters. The number of ether oxygens (including phenoxy) is 4. The minimum atomic E-state index is -0.943. The summed E-state index contributed by atoms with van der Waals surface area (Å²) in [4.78, 5) is 38.6. The molecule has 0 radical (unpaired) electrons. The van der Waals surface area contributed by atoms with Crippen molar-refractivity contribution in [3.05, 3.63) is 62.7 Å². The van der Waals surface area contributed by atoms with Gasteiger partial charge in [-0.2, -0.15) is 0 Å². The summed E-state index contributed by atoms with van der Waals surface area (Å²) in [7, 11) is 1.39. The Morgan fingerprint density at radius 1 is 1.28 bits per heavy atom. The molecular formula is C21H24FN3O7. The topological polar surface area (TPSA) is 121 Å². The average molecular weight is 449 g/mol. The van der Waals surface area contributed by atoms with E-state index in [2.05, 4.69) is 10.3 Å². The lowest BCUT2D eigenvalue weighted by molar-refractivity contribution is -0.153. The molecule has 1 aromatic heterocycles. The van der Waals surface area contributed by atoms with Crippen molar-refractivity contribution in [2.45, 2.75) is 44.0 Å². The third kappa shape index (κ3) is 4.31. The van der Waals surface area contributed by atoms with Gasteiger partial charge in [0.05, 0.1) is 25.3 Å². The number of benzene rings is 1. The number of rotatable bonds is 5. The Morgan fingerprint density at radius 3 is 2.75 bits per heavy atom. The number of H-pyrrole nitrogens is 1. The number of carbonyl (C=O) groups is 1. The van der Waals surface area contributed by atoms with Crippen molar-refractivity contribution in [3.63, 3.8) is 0 Å². The summed E-state index contributed by atoms with van der Waals surface area (Å²) < 4.78 is 38.1. The maximum atomic E-state index is 13.6. The van der Waals surface area contributed by atoms with Crippen LogP contribution in [0.3, 0.4) is 0 Å². The highest BCUT2D eigenvalue weighted by Gasteiger charge is 2.52. The summed E-state index contributed by atoms with van der Waals surface area (Å²) in [6.07, 6.45) is -0.357. The summed E-state index contributed by atoms with van der Waals surface area (Å²) in [6.45, 7) is 3.64. The van der Waals surface area contributed by atoms with Crippen LogP contribution in [0.25, 0.3) is 0 Å². The number of methoxy groups -OCH3 is 1. The first-order valence-electron chi connectivity index (χ1n) is 10.1. The average Bonchev–Trinajstić information content (AvgIpc) is 3.07. The van der Waals surface area contributed by atoms with Gasteiger partial charge >= 0.3 is 5.69 Å². The summed E-state index contributed by atoms with van der Waals surface area (Å²) in [5, 5.41) is 2.72. The molecule has 10 nitrogen and oxygen atoms in total. The Bertz CT molecular complexity index is 1130. The molecule has 2 aromatic rings. The van der Waals surface area contributed by atoms with Gasteiger partial charge < -0.3 is 24.3 Å². The van der Waals surface area contributed by atoms with E-state index in [9.17, 15) is 18.8 Å². The smallest absolute Gasteiger partial charge is 0.328 e. The number of hydrogen-bond donors (Lipinski definition) is 2. The van der Waals surface area contributed by atoms with Crippen LogP contribution in [0, 0.1) is 5.82 Å². The monoisotopic (exact) mass is 449 g/mol. The third-order valence-electron chi connectivity index (χ3n) is 5.47. The molecule has 4 rings (SSSR count). The Hall–Kier alpha value is -3.02. The van der Waals surface area contributed by atoms with Crippen molar-refractivity contribution in [1.29, 1.82) is 0 Å². The van der Waals surface area contributed by atoms with E-state index in [-0.39, 0.29) is 24.5 Å². The van der Waals surface area contributed by atoms with Crippen LogP contribution in [0.5, 0.6) is 5.75 Å². The van der Waals surface area contributed by atoms with Gasteiger partial charge in [0.1, 0.15) is 29.9 Å². The Balaban J connectivity index is 1.52. The number of halogens is 1. The molecule has 2 fully saturated rings. The molecule has 0 spiro atoms. The summed E-state index contributed by atoms with van der Waals surface area (Å²) in [5.41, 5.74) is -1.03. The molecule has 0 bridgehead atoms. The number of aromatic amines is 1. The molecule has 172 valence electrons. The Kier molecular flexibility index (Phi) is 5.89. The molecule has 32 heavy (non-hydrogen) atoms. The van der Waals surface area contributed by atoms with E-state index in [1.165, 1.54) is 36.1 Å². The largest absolute Gasteiger partial charge is 0.496 e. The van der Waals surface area contributed by atoms with Crippen LogP contribution >= 0.6 is 0 Å². The van der Waals surface area contributed by atoms with Gasteiger partial charge in [-0.3, -0.25) is 19.1 Å². The highest BCUT2D eigenvalue weighted by Crippen LogP contribution is 2.39. The van der Waals surface area contributed by atoms with E-state index >= 15 is 0 Å². The van der Waals surface area contributed by atoms with Crippen molar-refractivity contribution < 1.29 is 28.1 Å². The van der Waals surface area contributed by atoms with Gasteiger partial charge in [0.15, 0.2) is 5.79 Å². The van der Waals surface area contributed by atoms with Gasteiger partial charge in [0.2, 0.25) is 0 Å². The minimum absolute atomic E-state index is 0.0569. The molecule has 11 heteroatoms. The summed E-state index contributed by atoms with van der Waals surface area (Å²) >= 11 is 0. The van der Waals surface area contributed by atoms with Crippen LogP contribution < -0.4 is 21.3 Å². The number of carbonyl (C=O) groups excluding carboxylic acids is 1. The first-order chi connectivity index (χ1) is 15.2. The fourth-order valence-corrected chi connectivity index (χ4v) is 4.06. The van der Waals surface area contributed by atoms with E-state index < -0.39 is 53.1 Å². The first-order valence-corrected chi connectivity index (χ1v) is 10.1. The lowest BCUT2D eigenvalue weighted by Crippen LogP contribution is -2.54. The van der Waals surface area contributed by atoms with Crippen molar-refractivity contribution in [2.24, 2.45) is 0 Å². The van der Waals surface area contributed by atoms with E-state index in [0.29, 0.717) is 0 Å². The lowest BCUT2D eigenvalue weighted by Gasteiger charge is -2.37. The van der Waals surface area contributed by atoms with E-state index in [4.69, 9.17) is 18.9 Å². The van der Waals surface area contributed by atoms with Gasteiger partial charge in [-0.15, -0.1) is 0 Å². The predicted molar refractivity (Wildman–Crippen MR) is 109 cm³/mol. The quantitative estimate of drug-likeness (QED) is 0.685. The summed E-state index contributed by atoms with van der Waals surface area (Å²) in [6, 6.07) is 4.38. The number of hydrogen-bond acceptors (Lipinski definition) is 7. The highest BCUT2D eigenvalue weighted by molar-refractivity contribution is 5.96. The first kappa shape index (κ1) is 22.2. The second-order valence-corrected chi connectivity index (χ2v) is 8.08. The maximum absolute atomic E-state index is 13.6. The molecular weight excluding hydrogens is 425 g/mol. The zero-order valence-corrected chi connectivity index (χ0v) is 17.8. The zero-order chi connectivity index (χ0) is 23.0. The van der Waals surface area contributed by atoms with Crippen LogP contribution in [0.2, 0.25) is 0 Å². The van der Waals surface area contributed by atoms with Crippen molar-refractivity contribution in [3.8, 4) is 5.75 Å². The molecule has 2 N–H and O–H groups in total. The third-order valence-corrected chi connectivity index (χ3v) is 5.47. The van der Waals surface area contributed by atoms with Crippen LogP contribution in [-0.2, 0) is 14.2 Å². The molecule has 4 atom stereocenters. The molecule has 2 aliphatic heterocycles. The van der Waals surface area contributed by atoms with Crippen molar-refractivity contribution >= 4 is 5.91 Å². The molecule has 1 amide bonds. The SMILES string of the molecule is COc1ccc(F)cc1C(=O)NC[C@H]1OC[C@@H](n2ccc(=O)[nH]c2=O)[C@@H]2OC(C)(C)O[C@@H]21. The number of nitrogens with one attached hydrogen (secondary N) is 2. The van der Waals surface area contributed by atoms with Crippen LogP contribution in [0.15, 0.2) is 40.1 Å². The maximum Gasteiger partial charge on any atom is 0.328 e. The second-order valence-electron chi connectivity index (χ2n) is 8.08. The van der Waals surface area contributed by atoms with Gasteiger partial charge in [-0.25, -0.2) is 9.18 Å². The fourth-order valence-electron chi connectivity index (χ4n) is 4.06. The normalized spacial score (nSPS) is 26.4. The Morgan fingerprint density at radius 2 is 2.03 bits per heavy atom. The molecule has 0 saturated carbocycles. The van der Waals surface area contributed by atoms with Gasteiger partial charge in [-0.1, -0.05) is 0 Å². The van der Waals surface area contributed by atoms with Crippen LogP contribution in [-0.4, -0.2) is 59.8 Å². The number of amides is 1. The minimum Gasteiger partial charge on any atom is -0.496 e. The number of fused-ring (bicyclic) bond motifs is 1. The Labute approximate surface area is 182 Å². The van der Waals surface area contributed by atoms with Gasteiger partial charge in [-0.05, 0) is 32.0 Å². The lowest BCUT2D eigenvalue weighted by atomic mass is 9.97. The molecule has 3 heterocycles. The highest BCUT2D eigenvalue weighted by atomic mass is 19.1. The van der Waals surface area contributed by atoms with Crippen molar-refractivity contribution in [2.75, 3.05) is 20.3 Å². The van der Waals surface area contributed by atoms with Gasteiger partial charge in [0.25, 0.3) is 11.5 Å². The number of aromatic nitrogens is 2. The molecule has 0 aliphatic carbocycles. The standard InChI is InChI=1S/C21H24FN3O7/c1-21(2)31-17-13(25-7-6-16(26)24-20(25)28)10-30-15(18(17)32-21)9-23-19(27)12-8-11(22)4-5-14(12)29-3/h4-8,13,15,17-18H,9-10H2,1-3H3,(H,23,27)(H,24,26,28)/t13-,15-,17+,18-/m1/s1. The second kappa shape index (κ2) is 8.49. The van der Waals surface area contributed by atoms with Gasteiger partial charge in [0, 0.05) is 18.8 Å².